The van der Waals surface area contributed by atoms with Crippen LogP contribution in [0.2, 0.25) is 0 Å². The molecule has 0 N–H and O–H groups in total. The Balaban J connectivity index is 1.77. The number of ether oxygens (including phenoxy) is 1. The van der Waals surface area contributed by atoms with E-state index in [4.69, 9.17) is 4.74 Å². The maximum atomic E-state index is 13.5. The van der Waals surface area contributed by atoms with Gasteiger partial charge in [0.05, 0.1) is 0 Å². The minimum Gasteiger partial charge on any atom is -0.489 e. The van der Waals surface area contributed by atoms with Crippen molar-refractivity contribution in [3.8, 4) is 5.75 Å². The van der Waals surface area contributed by atoms with Gasteiger partial charge in [-0.15, -0.1) is 0 Å². The van der Waals surface area contributed by atoms with Gasteiger partial charge in [-0.25, -0.2) is 13.2 Å². The molecule has 0 atom stereocenters. The SMILES string of the molecule is O=C1CCc2cc(OCc3cc(F)c(F)cc3F)ccc21. The highest BCUT2D eigenvalue weighted by molar-refractivity contribution is 6.00. The highest BCUT2D eigenvalue weighted by Crippen LogP contribution is 2.26. The van der Waals surface area contributed by atoms with Crippen molar-refractivity contribution in [3.05, 3.63) is 64.5 Å². The van der Waals surface area contributed by atoms with Crippen molar-refractivity contribution in [2.24, 2.45) is 0 Å². The van der Waals surface area contributed by atoms with Crippen LogP contribution in [-0.4, -0.2) is 5.78 Å². The third-order valence-electron chi connectivity index (χ3n) is 3.48. The zero-order valence-corrected chi connectivity index (χ0v) is 11.0. The minimum absolute atomic E-state index is 0.0644. The largest absolute Gasteiger partial charge is 0.489 e. The summed E-state index contributed by atoms with van der Waals surface area (Å²) in [5.41, 5.74) is 1.51. The summed E-state index contributed by atoms with van der Waals surface area (Å²) in [6.45, 7) is -0.213. The standard InChI is InChI=1S/C16H11F3O2/c17-13-7-15(19)14(18)6-10(13)8-21-11-2-3-12-9(5-11)1-4-16(12)20/h2-3,5-7H,1,4,8H2. The fourth-order valence-electron chi connectivity index (χ4n) is 2.36. The summed E-state index contributed by atoms with van der Waals surface area (Å²) in [4.78, 5) is 11.5. The van der Waals surface area contributed by atoms with Crippen molar-refractivity contribution in [1.29, 1.82) is 0 Å². The number of carbonyl (C=O) groups excluding carboxylic acids is 1. The monoisotopic (exact) mass is 292 g/mol. The van der Waals surface area contributed by atoms with E-state index in [0.29, 0.717) is 30.2 Å². The first kappa shape index (κ1) is 13.7. The van der Waals surface area contributed by atoms with Gasteiger partial charge in [-0.2, -0.15) is 0 Å². The van der Waals surface area contributed by atoms with Crippen molar-refractivity contribution in [3.63, 3.8) is 0 Å². The van der Waals surface area contributed by atoms with Gasteiger partial charge in [-0.05, 0) is 36.2 Å². The molecule has 0 aliphatic heterocycles. The Morgan fingerprint density at radius 3 is 2.52 bits per heavy atom. The first-order chi connectivity index (χ1) is 10.0. The molecule has 0 saturated carbocycles. The van der Waals surface area contributed by atoms with Crippen LogP contribution in [0.1, 0.15) is 27.9 Å². The van der Waals surface area contributed by atoms with E-state index in [1.54, 1.807) is 18.2 Å². The molecule has 2 aromatic carbocycles. The van der Waals surface area contributed by atoms with Crippen LogP contribution in [0.5, 0.6) is 5.75 Å². The summed E-state index contributed by atoms with van der Waals surface area (Å²) < 4.78 is 44.8. The smallest absolute Gasteiger partial charge is 0.163 e. The molecule has 0 radical (unpaired) electrons. The number of benzene rings is 2. The Morgan fingerprint density at radius 1 is 0.952 bits per heavy atom. The highest BCUT2D eigenvalue weighted by atomic mass is 19.2. The summed E-state index contributed by atoms with van der Waals surface area (Å²) in [6.07, 6.45) is 1.14. The van der Waals surface area contributed by atoms with Gasteiger partial charge < -0.3 is 4.74 Å². The van der Waals surface area contributed by atoms with Crippen molar-refractivity contribution in [1.82, 2.24) is 0 Å². The maximum Gasteiger partial charge on any atom is 0.163 e. The van der Waals surface area contributed by atoms with Gasteiger partial charge in [0.25, 0.3) is 0 Å². The zero-order chi connectivity index (χ0) is 15.0. The van der Waals surface area contributed by atoms with Crippen LogP contribution in [0.15, 0.2) is 30.3 Å². The Hall–Kier alpha value is -2.30. The Morgan fingerprint density at radius 2 is 1.71 bits per heavy atom. The number of fused-ring (bicyclic) bond motifs is 1. The average Bonchev–Trinajstić information content (AvgIpc) is 2.82. The van der Waals surface area contributed by atoms with Gasteiger partial charge in [-0.3, -0.25) is 4.79 Å². The molecule has 0 unspecified atom stereocenters. The molecular weight excluding hydrogens is 281 g/mol. The molecule has 108 valence electrons. The summed E-state index contributed by atoms with van der Waals surface area (Å²) in [5, 5.41) is 0. The first-order valence-electron chi connectivity index (χ1n) is 6.47. The summed E-state index contributed by atoms with van der Waals surface area (Å²) >= 11 is 0. The van der Waals surface area contributed by atoms with Crippen LogP contribution in [-0.2, 0) is 13.0 Å². The maximum absolute atomic E-state index is 13.5. The minimum atomic E-state index is -1.23. The number of hydrogen-bond donors (Lipinski definition) is 0. The Bertz CT molecular complexity index is 726. The predicted molar refractivity (Wildman–Crippen MR) is 69.7 cm³/mol. The molecule has 1 aliphatic rings. The molecular formula is C16H11F3O2. The molecule has 0 bridgehead atoms. The molecule has 0 aromatic heterocycles. The van der Waals surface area contributed by atoms with E-state index in [0.717, 1.165) is 11.6 Å². The van der Waals surface area contributed by atoms with Crippen molar-refractivity contribution >= 4 is 5.78 Å². The summed E-state index contributed by atoms with van der Waals surface area (Å²) in [5.74, 6) is -2.64. The second-order valence-corrected chi connectivity index (χ2v) is 4.89. The molecule has 21 heavy (non-hydrogen) atoms. The normalized spacial score (nSPS) is 13.4. The Labute approximate surface area is 119 Å². The van der Waals surface area contributed by atoms with Crippen LogP contribution < -0.4 is 4.74 Å². The quantitative estimate of drug-likeness (QED) is 0.804. The van der Waals surface area contributed by atoms with Crippen LogP contribution in [0.4, 0.5) is 13.2 Å². The number of Topliss-reactive ketones (excluding diaryl/α,β-unsaturated/α-hetero) is 1. The molecule has 0 fully saturated rings. The van der Waals surface area contributed by atoms with E-state index >= 15 is 0 Å². The number of aryl methyl sites for hydroxylation is 1. The molecule has 5 heteroatoms. The zero-order valence-electron chi connectivity index (χ0n) is 11.0. The number of hydrogen-bond acceptors (Lipinski definition) is 2. The van der Waals surface area contributed by atoms with E-state index in [9.17, 15) is 18.0 Å². The predicted octanol–water partition coefficient (Wildman–Crippen LogP) is 3.81. The van der Waals surface area contributed by atoms with E-state index in [-0.39, 0.29) is 18.0 Å². The van der Waals surface area contributed by atoms with Crippen LogP contribution >= 0.6 is 0 Å². The molecule has 1 aliphatic carbocycles. The Kier molecular flexibility index (Phi) is 3.41. The fraction of sp³-hybridized carbons (Fsp3) is 0.188. The molecule has 3 rings (SSSR count). The van der Waals surface area contributed by atoms with E-state index in [1.807, 2.05) is 0 Å². The lowest BCUT2D eigenvalue weighted by Gasteiger charge is -2.09. The third-order valence-corrected chi connectivity index (χ3v) is 3.48. The first-order valence-corrected chi connectivity index (χ1v) is 6.47. The number of rotatable bonds is 3. The van der Waals surface area contributed by atoms with Crippen LogP contribution in [0, 0.1) is 17.5 Å². The van der Waals surface area contributed by atoms with Gasteiger partial charge in [0, 0.05) is 23.6 Å². The lowest BCUT2D eigenvalue weighted by atomic mass is 10.1. The van der Waals surface area contributed by atoms with Gasteiger partial charge in [-0.1, -0.05) is 0 Å². The van der Waals surface area contributed by atoms with E-state index in [1.165, 1.54) is 0 Å². The van der Waals surface area contributed by atoms with Crippen molar-refractivity contribution in [2.75, 3.05) is 0 Å². The van der Waals surface area contributed by atoms with Crippen LogP contribution in [0.3, 0.4) is 0 Å². The number of ketones is 1. The topological polar surface area (TPSA) is 26.3 Å². The average molecular weight is 292 g/mol. The lowest BCUT2D eigenvalue weighted by Crippen LogP contribution is -2.01. The van der Waals surface area contributed by atoms with Gasteiger partial charge in [0.1, 0.15) is 18.2 Å². The number of carbonyl (C=O) groups is 1. The van der Waals surface area contributed by atoms with E-state index < -0.39 is 17.5 Å². The second kappa shape index (κ2) is 5.24. The molecule has 0 spiro atoms. The second-order valence-electron chi connectivity index (χ2n) is 4.89. The van der Waals surface area contributed by atoms with Crippen molar-refractivity contribution in [2.45, 2.75) is 19.4 Å². The molecule has 2 nitrogen and oxygen atoms in total. The molecule has 2 aromatic rings. The van der Waals surface area contributed by atoms with Gasteiger partial charge in [0.2, 0.25) is 0 Å². The molecule has 0 heterocycles. The molecule has 0 amide bonds. The third kappa shape index (κ3) is 2.63. The van der Waals surface area contributed by atoms with Crippen molar-refractivity contribution < 1.29 is 22.7 Å². The fourth-order valence-corrected chi connectivity index (χ4v) is 2.36. The summed E-state index contributed by atoms with van der Waals surface area (Å²) in [6, 6.07) is 6.27. The molecule has 0 saturated heterocycles. The highest BCUT2D eigenvalue weighted by Gasteiger charge is 2.19. The van der Waals surface area contributed by atoms with Gasteiger partial charge in [0.15, 0.2) is 17.4 Å². The summed E-state index contributed by atoms with van der Waals surface area (Å²) in [7, 11) is 0. The van der Waals surface area contributed by atoms with Gasteiger partial charge >= 0.3 is 0 Å². The van der Waals surface area contributed by atoms with Crippen LogP contribution in [0.25, 0.3) is 0 Å². The lowest BCUT2D eigenvalue weighted by molar-refractivity contribution is 0.0994. The number of halogens is 3. The van der Waals surface area contributed by atoms with E-state index in [2.05, 4.69) is 0 Å².